The van der Waals surface area contributed by atoms with Crippen molar-refractivity contribution in [2.45, 2.75) is 30.3 Å². The second-order valence-corrected chi connectivity index (χ2v) is 8.95. The molecule has 2 atom stereocenters. The van der Waals surface area contributed by atoms with Crippen LogP contribution in [0.3, 0.4) is 0 Å². The molecule has 5 nitrogen and oxygen atoms in total. The van der Waals surface area contributed by atoms with E-state index in [2.05, 4.69) is 10.0 Å². The predicted octanol–water partition coefficient (Wildman–Crippen LogP) is 3.38. The van der Waals surface area contributed by atoms with Crippen LogP contribution in [-0.4, -0.2) is 32.4 Å². The Labute approximate surface area is 172 Å². The van der Waals surface area contributed by atoms with E-state index in [1.807, 2.05) is 0 Å². The second-order valence-electron chi connectivity index (χ2n) is 6.28. The van der Waals surface area contributed by atoms with Crippen LogP contribution in [-0.2, 0) is 14.8 Å². The van der Waals surface area contributed by atoms with Crippen LogP contribution in [0.4, 0.5) is 13.2 Å². The van der Waals surface area contributed by atoms with Crippen LogP contribution < -0.4 is 10.0 Å². The lowest BCUT2D eigenvalue weighted by Crippen LogP contribution is -2.47. The van der Waals surface area contributed by atoms with Crippen LogP contribution in [0.1, 0.15) is 24.9 Å². The Morgan fingerprint density at radius 3 is 2.41 bits per heavy atom. The molecule has 0 saturated carbocycles. The molecule has 2 rings (SSSR count). The highest BCUT2D eigenvalue weighted by Crippen LogP contribution is 2.19. The Kier molecular flexibility index (Phi) is 8.12. The number of rotatable bonds is 9. The summed E-state index contributed by atoms with van der Waals surface area (Å²) in [5, 5.41) is 2.52. The zero-order valence-electron chi connectivity index (χ0n) is 15.8. The van der Waals surface area contributed by atoms with Gasteiger partial charge in [-0.1, -0.05) is 18.2 Å². The molecule has 2 aromatic carbocycles. The van der Waals surface area contributed by atoms with Crippen LogP contribution >= 0.6 is 11.8 Å². The first-order chi connectivity index (χ1) is 13.7. The summed E-state index contributed by atoms with van der Waals surface area (Å²) in [7, 11) is -4.30. The maximum absolute atomic E-state index is 13.9. The smallest absolute Gasteiger partial charge is 0.244 e. The molecule has 2 unspecified atom stereocenters. The summed E-state index contributed by atoms with van der Waals surface area (Å²) in [6.45, 7) is 1.49. The van der Waals surface area contributed by atoms with E-state index in [-0.39, 0.29) is 12.0 Å². The monoisotopic (exact) mass is 446 g/mol. The van der Waals surface area contributed by atoms with Crippen molar-refractivity contribution in [2.24, 2.45) is 0 Å². The number of nitrogens with one attached hydrogen (secondary N) is 2. The molecule has 0 aliphatic heterocycles. The highest BCUT2D eigenvalue weighted by molar-refractivity contribution is 7.98. The van der Waals surface area contributed by atoms with Gasteiger partial charge < -0.3 is 5.32 Å². The molecular weight excluding hydrogens is 425 g/mol. The van der Waals surface area contributed by atoms with Gasteiger partial charge in [0.2, 0.25) is 15.9 Å². The number of benzene rings is 2. The zero-order chi connectivity index (χ0) is 21.6. The van der Waals surface area contributed by atoms with Gasteiger partial charge in [0.05, 0.1) is 6.04 Å². The van der Waals surface area contributed by atoms with Gasteiger partial charge in [0.15, 0.2) is 0 Å². The van der Waals surface area contributed by atoms with E-state index in [1.54, 1.807) is 6.26 Å². The largest absolute Gasteiger partial charge is 0.348 e. The lowest BCUT2D eigenvalue weighted by atomic mass is 10.1. The van der Waals surface area contributed by atoms with Gasteiger partial charge in [-0.25, -0.2) is 21.6 Å². The number of sulfonamides is 1. The number of carbonyl (C=O) groups is 1. The van der Waals surface area contributed by atoms with Crippen LogP contribution in [0.15, 0.2) is 47.4 Å². The van der Waals surface area contributed by atoms with E-state index in [1.165, 1.54) is 36.9 Å². The first kappa shape index (κ1) is 23.2. The summed E-state index contributed by atoms with van der Waals surface area (Å²) in [5.74, 6) is -2.76. The summed E-state index contributed by atoms with van der Waals surface area (Å²) >= 11 is 1.40. The molecule has 0 aromatic heterocycles. The number of hydrogen-bond donors (Lipinski definition) is 2. The minimum atomic E-state index is -4.30. The van der Waals surface area contributed by atoms with Crippen molar-refractivity contribution in [3.05, 3.63) is 65.5 Å². The van der Waals surface area contributed by atoms with E-state index < -0.39 is 50.4 Å². The van der Waals surface area contributed by atoms with Crippen LogP contribution in [0, 0.1) is 17.5 Å². The Balaban J connectivity index is 2.20. The second kappa shape index (κ2) is 10.1. The molecule has 0 saturated heterocycles. The van der Waals surface area contributed by atoms with E-state index in [9.17, 15) is 26.4 Å². The molecule has 0 spiro atoms. The van der Waals surface area contributed by atoms with Gasteiger partial charge in [-0.05, 0) is 43.6 Å². The van der Waals surface area contributed by atoms with Crippen LogP contribution in [0.2, 0.25) is 0 Å². The van der Waals surface area contributed by atoms with Crippen molar-refractivity contribution in [2.75, 3.05) is 12.0 Å². The van der Waals surface area contributed by atoms with Gasteiger partial charge >= 0.3 is 0 Å². The third-order valence-corrected chi connectivity index (χ3v) is 6.29. The molecular formula is C19H21F3N2O3S2. The minimum Gasteiger partial charge on any atom is -0.348 e. The molecule has 0 aliphatic carbocycles. The fraction of sp³-hybridized carbons (Fsp3) is 0.316. The molecule has 158 valence electrons. The van der Waals surface area contributed by atoms with Crippen molar-refractivity contribution in [3.8, 4) is 0 Å². The molecule has 0 bridgehead atoms. The molecule has 2 N–H and O–H groups in total. The van der Waals surface area contributed by atoms with Crippen molar-refractivity contribution in [1.82, 2.24) is 10.0 Å². The van der Waals surface area contributed by atoms with Crippen molar-refractivity contribution in [1.29, 1.82) is 0 Å². The molecule has 0 aliphatic rings. The van der Waals surface area contributed by atoms with E-state index in [0.717, 1.165) is 18.2 Å². The highest BCUT2D eigenvalue weighted by atomic mass is 32.2. The Morgan fingerprint density at radius 2 is 1.79 bits per heavy atom. The normalized spacial score (nSPS) is 13.7. The van der Waals surface area contributed by atoms with Crippen LogP contribution in [0.25, 0.3) is 0 Å². The Bertz CT molecular complexity index is 971. The van der Waals surface area contributed by atoms with Gasteiger partial charge in [0.1, 0.15) is 28.4 Å². The third-order valence-electron chi connectivity index (χ3n) is 4.14. The molecule has 1 amide bonds. The maximum Gasteiger partial charge on any atom is 0.244 e. The number of carbonyl (C=O) groups excluding carboxylic acids is 1. The summed E-state index contributed by atoms with van der Waals surface area (Å²) in [6.07, 6.45) is 1.93. The fourth-order valence-corrected chi connectivity index (χ4v) is 4.42. The van der Waals surface area contributed by atoms with Crippen molar-refractivity contribution >= 4 is 27.7 Å². The number of halogens is 3. The molecule has 2 aromatic rings. The minimum absolute atomic E-state index is 0.0559. The van der Waals surface area contributed by atoms with E-state index in [0.29, 0.717) is 11.8 Å². The zero-order valence-corrected chi connectivity index (χ0v) is 17.4. The molecule has 29 heavy (non-hydrogen) atoms. The van der Waals surface area contributed by atoms with Crippen molar-refractivity contribution in [3.63, 3.8) is 0 Å². The third kappa shape index (κ3) is 6.22. The molecule has 0 fully saturated rings. The van der Waals surface area contributed by atoms with Gasteiger partial charge in [0, 0.05) is 11.6 Å². The quantitative estimate of drug-likeness (QED) is 0.619. The first-order valence-electron chi connectivity index (χ1n) is 8.67. The summed E-state index contributed by atoms with van der Waals surface area (Å²) in [5.41, 5.74) is 0.0559. The SMILES string of the molecule is CSCCC(NS(=O)(=O)c1ccccc1F)C(=O)NC(C)c1ccc(F)cc1F. The van der Waals surface area contributed by atoms with E-state index >= 15 is 0 Å². The highest BCUT2D eigenvalue weighted by Gasteiger charge is 2.28. The Morgan fingerprint density at radius 1 is 1.10 bits per heavy atom. The molecule has 0 radical (unpaired) electrons. The molecule has 0 heterocycles. The van der Waals surface area contributed by atoms with Gasteiger partial charge in [-0.3, -0.25) is 4.79 Å². The molecule has 10 heteroatoms. The van der Waals surface area contributed by atoms with E-state index in [4.69, 9.17) is 0 Å². The summed E-state index contributed by atoms with van der Waals surface area (Å²) in [6, 6.07) is 5.76. The maximum atomic E-state index is 13.9. The number of thioether (sulfide) groups is 1. The number of amides is 1. The first-order valence-corrected chi connectivity index (χ1v) is 11.5. The predicted molar refractivity (Wildman–Crippen MR) is 106 cm³/mol. The van der Waals surface area contributed by atoms with Crippen molar-refractivity contribution < 1.29 is 26.4 Å². The lowest BCUT2D eigenvalue weighted by Gasteiger charge is -2.22. The number of hydrogen-bond acceptors (Lipinski definition) is 4. The van der Waals surface area contributed by atoms with Gasteiger partial charge in [-0.2, -0.15) is 16.5 Å². The Hall–Kier alpha value is -2.04. The standard InChI is InChI=1S/C19H21F3N2O3S2/c1-12(14-8-7-13(20)11-16(14)22)23-19(25)17(9-10-28-2)24-29(26,27)18-6-4-3-5-15(18)21/h3-8,11-12,17,24H,9-10H2,1-2H3,(H,23,25). The van der Waals surface area contributed by atoms with Crippen LogP contribution in [0.5, 0.6) is 0 Å². The van der Waals surface area contributed by atoms with Gasteiger partial charge in [0.25, 0.3) is 0 Å². The fourth-order valence-electron chi connectivity index (χ4n) is 2.64. The average molecular weight is 447 g/mol. The topological polar surface area (TPSA) is 75.3 Å². The summed E-state index contributed by atoms with van der Waals surface area (Å²) in [4.78, 5) is 12.1. The average Bonchev–Trinajstić information content (AvgIpc) is 2.65. The summed E-state index contributed by atoms with van der Waals surface area (Å²) < 4.78 is 68.2. The van der Waals surface area contributed by atoms with Gasteiger partial charge in [-0.15, -0.1) is 0 Å². The lowest BCUT2D eigenvalue weighted by molar-refractivity contribution is -0.123.